The number of nitrogens with one attached hydrogen (secondary N) is 1. The lowest BCUT2D eigenvalue weighted by atomic mass is 9.89. The number of fused-ring (bicyclic) bond motifs is 2. The van der Waals surface area contributed by atoms with E-state index in [4.69, 9.17) is 4.98 Å². The maximum absolute atomic E-state index is 13.9. The summed E-state index contributed by atoms with van der Waals surface area (Å²) in [4.78, 5) is 34.5. The Balaban J connectivity index is 1.44. The highest BCUT2D eigenvalue weighted by Crippen LogP contribution is 2.34. The number of halogens is 1. The predicted octanol–water partition coefficient (Wildman–Crippen LogP) is 2.66. The molecule has 36 heavy (non-hydrogen) atoms. The average molecular weight is 495 g/mol. The normalized spacial score (nSPS) is 22.6. The van der Waals surface area contributed by atoms with Crippen LogP contribution in [0.5, 0.6) is 0 Å². The summed E-state index contributed by atoms with van der Waals surface area (Å²) in [6, 6.07) is 6.60. The first-order valence-electron chi connectivity index (χ1n) is 13.4. The summed E-state index contributed by atoms with van der Waals surface area (Å²) >= 11 is 0. The Kier molecular flexibility index (Phi) is 6.19. The van der Waals surface area contributed by atoms with Crippen molar-refractivity contribution in [3.05, 3.63) is 56.5 Å². The van der Waals surface area contributed by atoms with Crippen molar-refractivity contribution in [3.63, 3.8) is 0 Å². The summed E-state index contributed by atoms with van der Waals surface area (Å²) in [6.45, 7) is 3.89. The van der Waals surface area contributed by atoms with Gasteiger partial charge in [0.25, 0.3) is 5.56 Å². The molecule has 2 saturated heterocycles. The van der Waals surface area contributed by atoms with Crippen LogP contribution < -0.4 is 21.5 Å². The quantitative estimate of drug-likeness (QED) is 0.570. The molecule has 8 nitrogen and oxygen atoms in total. The highest BCUT2D eigenvalue weighted by atomic mass is 19.1. The minimum atomic E-state index is -0.356. The molecule has 2 aromatic heterocycles. The first-order chi connectivity index (χ1) is 17.5. The summed E-state index contributed by atoms with van der Waals surface area (Å²) in [5.74, 6) is 1.66. The van der Waals surface area contributed by atoms with E-state index in [1.807, 2.05) is 0 Å². The van der Waals surface area contributed by atoms with Gasteiger partial charge in [-0.15, -0.1) is 0 Å². The smallest absolute Gasteiger partial charge is 0.332 e. The molecular formula is C27H35FN6O2. The zero-order valence-corrected chi connectivity index (χ0v) is 21.0. The Morgan fingerprint density at radius 2 is 1.81 bits per heavy atom. The number of hydrogen-bond acceptors (Lipinski definition) is 5. The molecule has 3 fully saturated rings. The van der Waals surface area contributed by atoms with Gasteiger partial charge in [0.05, 0.1) is 0 Å². The summed E-state index contributed by atoms with van der Waals surface area (Å²) in [6.07, 6.45) is 7.66. The first-order valence-corrected chi connectivity index (χ1v) is 13.4. The average Bonchev–Trinajstić information content (AvgIpc) is 3.60. The van der Waals surface area contributed by atoms with Gasteiger partial charge >= 0.3 is 5.69 Å². The maximum atomic E-state index is 13.9. The minimum absolute atomic E-state index is 0.245. The van der Waals surface area contributed by atoms with Crippen molar-refractivity contribution in [3.8, 4) is 0 Å². The largest absolute Gasteiger partial charge is 0.338 e. The van der Waals surface area contributed by atoms with Crippen LogP contribution in [0.3, 0.4) is 0 Å². The lowest BCUT2D eigenvalue weighted by Crippen LogP contribution is -2.40. The van der Waals surface area contributed by atoms with Crippen molar-refractivity contribution in [2.75, 3.05) is 24.5 Å². The van der Waals surface area contributed by atoms with E-state index in [1.54, 1.807) is 19.2 Å². The van der Waals surface area contributed by atoms with Gasteiger partial charge < -0.3 is 14.8 Å². The molecule has 3 aliphatic rings. The minimum Gasteiger partial charge on any atom is -0.338 e. The van der Waals surface area contributed by atoms with E-state index in [9.17, 15) is 14.0 Å². The maximum Gasteiger partial charge on any atom is 0.332 e. The Morgan fingerprint density at radius 3 is 2.58 bits per heavy atom. The van der Waals surface area contributed by atoms with Gasteiger partial charge in [-0.1, -0.05) is 31.4 Å². The van der Waals surface area contributed by atoms with Crippen LogP contribution in [0.1, 0.15) is 44.1 Å². The fourth-order valence-corrected chi connectivity index (χ4v) is 6.57. The second-order valence-corrected chi connectivity index (χ2v) is 10.8. The van der Waals surface area contributed by atoms with E-state index in [2.05, 4.69) is 14.8 Å². The van der Waals surface area contributed by atoms with Crippen molar-refractivity contribution >= 4 is 17.1 Å². The highest BCUT2D eigenvalue weighted by molar-refractivity contribution is 5.75. The number of anilines is 1. The van der Waals surface area contributed by atoms with Crippen molar-refractivity contribution in [1.82, 2.24) is 24.0 Å². The molecule has 0 bridgehead atoms. The second kappa shape index (κ2) is 9.50. The van der Waals surface area contributed by atoms with Crippen molar-refractivity contribution in [2.45, 2.75) is 64.1 Å². The van der Waals surface area contributed by atoms with Crippen LogP contribution in [0.2, 0.25) is 0 Å². The third kappa shape index (κ3) is 4.07. The van der Waals surface area contributed by atoms with Gasteiger partial charge in [0.2, 0.25) is 5.95 Å². The van der Waals surface area contributed by atoms with Gasteiger partial charge in [-0.25, -0.2) is 9.18 Å². The number of aromatic nitrogens is 4. The van der Waals surface area contributed by atoms with E-state index in [0.29, 0.717) is 35.5 Å². The summed E-state index contributed by atoms with van der Waals surface area (Å²) in [5.41, 5.74) is 1.27. The molecular weight excluding hydrogens is 459 g/mol. The molecule has 6 rings (SSSR count). The molecule has 0 radical (unpaired) electrons. The topological polar surface area (TPSA) is 77.1 Å². The standard InChI is InChI=1S/C27H35FN6O2/c1-31-24-23(25(35)33(27(31)36)13-11-18-7-9-21(28)10-8-18)34(17-19-5-3-2-4-6-19)26(30-24)32-14-12-20-15-29-16-22(20)32/h7-10,19-20,22,29H,2-6,11-17H2,1H3. The van der Waals surface area contributed by atoms with Gasteiger partial charge in [0, 0.05) is 45.8 Å². The van der Waals surface area contributed by atoms with Crippen molar-refractivity contribution < 1.29 is 4.39 Å². The van der Waals surface area contributed by atoms with Gasteiger partial charge in [-0.3, -0.25) is 13.9 Å². The summed E-state index contributed by atoms with van der Waals surface area (Å²) in [5, 5.41) is 3.51. The van der Waals surface area contributed by atoms with Crippen LogP contribution in [0.15, 0.2) is 33.9 Å². The molecule has 3 aromatic rings. The lowest BCUT2D eigenvalue weighted by molar-refractivity contribution is 0.321. The molecule has 1 aromatic carbocycles. The van der Waals surface area contributed by atoms with Gasteiger partial charge in [0.15, 0.2) is 11.2 Å². The Bertz CT molecular complexity index is 1370. The SMILES string of the molecule is Cn1c(=O)n(CCc2ccc(F)cc2)c(=O)c2c1nc(N1CCC3CNCC31)n2CC1CCCCC1. The molecule has 2 aliphatic heterocycles. The molecule has 0 amide bonds. The number of rotatable bonds is 6. The number of nitrogens with zero attached hydrogens (tertiary/aromatic N) is 5. The molecule has 2 unspecified atom stereocenters. The number of imidazole rings is 1. The highest BCUT2D eigenvalue weighted by Gasteiger charge is 2.40. The van der Waals surface area contributed by atoms with E-state index >= 15 is 0 Å². The van der Waals surface area contributed by atoms with Crippen molar-refractivity contribution in [1.29, 1.82) is 0 Å². The monoisotopic (exact) mass is 494 g/mol. The fourth-order valence-electron chi connectivity index (χ4n) is 6.57. The van der Waals surface area contributed by atoms with E-state index in [0.717, 1.165) is 57.0 Å². The molecule has 0 spiro atoms. The number of benzene rings is 1. The van der Waals surface area contributed by atoms with Crippen LogP contribution in [0.4, 0.5) is 10.3 Å². The third-order valence-corrected chi connectivity index (χ3v) is 8.62. The summed E-state index contributed by atoms with van der Waals surface area (Å²) in [7, 11) is 1.71. The van der Waals surface area contributed by atoms with Gasteiger partial charge in [-0.05, 0) is 55.2 Å². The van der Waals surface area contributed by atoms with Crippen LogP contribution in [-0.4, -0.2) is 44.4 Å². The zero-order chi connectivity index (χ0) is 24.8. The second-order valence-electron chi connectivity index (χ2n) is 10.8. The molecule has 9 heteroatoms. The molecule has 1 saturated carbocycles. The zero-order valence-electron chi connectivity index (χ0n) is 21.0. The number of aryl methyl sites for hydroxylation is 2. The van der Waals surface area contributed by atoms with Crippen molar-refractivity contribution in [2.24, 2.45) is 18.9 Å². The van der Waals surface area contributed by atoms with Crippen LogP contribution in [0.25, 0.3) is 11.2 Å². The fraction of sp³-hybridized carbons (Fsp3) is 0.593. The lowest BCUT2D eigenvalue weighted by Gasteiger charge is -2.28. The van der Waals surface area contributed by atoms with E-state index in [1.165, 1.54) is 40.5 Å². The summed E-state index contributed by atoms with van der Waals surface area (Å²) < 4.78 is 18.3. The third-order valence-electron chi connectivity index (χ3n) is 8.62. The van der Waals surface area contributed by atoms with Crippen LogP contribution in [0, 0.1) is 17.7 Å². The first kappa shape index (κ1) is 23.5. The van der Waals surface area contributed by atoms with E-state index in [-0.39, 0.29) is 23.6 Å². The van der Waals surface area contributed by atoms with E-state index < -0.39 is 0 Å². The molecule has 192 valence electrons. The molecule has 1 N–H and O–H groups in total. The van der Waals surface area contributed by atoms with Gasteiger partial charge in [-0.2, -0.15) is 4.98 Å². The van der Waals surface area contributed by atoms with Gasteiger partial charge in [0.1, 0.15) is 5.82 Å². The number of hydrogen-bond donors (Lipinski definition) is 1. The van der Waals surface area contributed by atoms with Crippen LogP contribution >= 0.6 is 0 Å². The molecule has 4 heterocycles. The Hall–Kier alpha value is -2.94. The van der Waals surface area contributed by atoms with Crippen LogP contribution in [-0.2, 0) is 26.6 Å². The Labute approximate surface area is 209 Å². The predicted molar refractivity (Wildman–Crippen MR) is 138 cm³/mol. The molecule has 1 aliphatic carbocycles. The Morgan fingerprint density at radius 1 is 1.03 bits per heavy atom. The molecule has 2 atom stereocenters.